The number of benzene rings is 6. The third-order valence-corrected chi connectivity index (χ3v) is 12.9. The molecule has 10 rings (SSSR count). The molecular formula is C56H50IrN4OSi-2. The van der Waals surface area contributed by atoms with E-state index in [1.165, 1.54) is 0 Å². The molecule has 0 unspecified atom stereocenters. The standard InChI is InChI=1S/C37H24N3O.C19H26NSi.Ir/c1-24-22-23-30-29-18-11-19-31(35(29)41-37(30)38-24)36-39-32-20-8-9-21-33(32)40(36)34-27(25-12-4-2-5-13-25)16-10-17-28(34)26-14-6-3-7-15-26;1-19(2,3)13-16-12-17(15-10-8-7-9-11-15)20-14-18(16)21(4,5)6;/h2-18,20-23H,1H3;7-10,12,14H,13H2,1-6H3;/q2*-1;/i;13D2;. The minimum Gasteiger partial charge on any atom is -0.486 e. The summed E-state index contributed by atoms with van der Waals surface area (Å²) in [5.74, 6) is 0.771. The number of aryl methyl sites for hydroxylation is 1. The number of hydrogen-bond acceptors (Lipinski definition) is 4. The van der Waals surface area contributed by atoms with Crippen LogP contribution in [-0.2, 0) is 26.5 Å². The second-order valence-corrected chi connectivity index (χ2v) is 22.8. The fourth-order valence-electron chi connectivity index (χ4n) is 8.05. The molecule has 0 saturated heterocycles. The largest absolute Gasteiger partial charge is 0.486 e. The van der Waals surface area contributed by atoms with Crippen LogP contribution in [0.5, 0.6) is 0 Å². The Labute approximate surface area is 388 Å². The smallest absolute Gasteiger partial charge is 0.216 e. The normalized spacial score (nSPS) is 12.4. The van der Waals surface area contributed by atoms with Gasteiger partial charge in [0.15, 0.2) is 0 Å². The van der Waals surface area contributed by atoms with Gasteiger partial charge in [-0.25, -0.2) is 4.98 Å². The van der Waals surface area contributed by atoms with Crippen molar-refractivity contribution in [3.05, 3.63) is 187 Å². The van der Waals surface area contributed by atoms with E-state index >= 15 is 0 Å². The van der Waals surface area contributed by atoms with Crippen molar-refractivity contribution in [3.8, 4) is 50.6 Å². The van der Waals surface area contributed by atoms with Gasteiger partial charge in [0.05, 0.1) is 36.2 Å². The van der Waals surface area contributed by atoms with Crippen LogP contribution in [0.1, 0.15) is 34.8 Å². The van der Waals surface area contributed by atoms with Crippen LogP contribution in [0.25, 0.3) is 83.7 Å². The molecule has 10 aromatic rings. The van der Waals surface area contributed by atoms with E-state index in [-0.39, 0.29) is 20.1 Å². The third-order valence-electron chi connectivity index (χ3n) is 10.9. The quantitative estimate of drug-likeness (QED) is 0.118. The van der Waals surface area contributed by atoms with Crippen molar-refractivity contribution in [2.24, 2.45) is 5.41 Å². The molecular weight excluding hydrogens is 965 g/mol. The molecule has 4 aromatic heterocycles. The molecule has 0 N–H and O–H groups in total. The second-order valence-electron chi connectivity index (χ2n) is 17.7. The minimum atomic E-state index is -1.70. The first-order chi connectivity index (χ1) is 30.7. The zero-order chi connectivity index (χ0) is 44.8. The molecule has 1 radical (unpaired) electrons. The summed E-state index contributed by atoms with van der Waals surface area (Å²) in [6.45, 7) is 14.5. The molecule has 0 aliphatic heterocycles. The van der Waals surface area contributed by atoms with Gasteiger partial charge in [-0.2, -0.15) is 0 Å². The van der Waals surface area contributed by atoms with E-state index in [0.29, 0.717) is 5.71 Å². The summed E-state index contributed by atoms with van der Waals surface area (Å²) in [4.78, 5) is 14.5. The van der Waals surface area contributed by atoms with E-state index in [4.69, 9.17) is 12.1 Å². The van der Waals surface area contributed by atoms with Crippen LogP contribution in [-0.4, -0.2) is 27.6 Å². The monoisotopic (exact) mass is 1020 g/mol. The first-order valence-corrected chi connectivity index (χ1v) is 24.6. The molecule has 7 heteroatoms. The summed E-state index contributed by atoms with van der Waals surface area (Å²) < 4.78 is 26.2. The SMILES string of the molecule is Cc1ccc2c(n1)oc1c(-c3nc4ccccc4n3-c3c(-c4ccccc4)cccc3-c3ccccc3)[c-]ccc12.[2H]C([2H])(c1cc(-c2[c-]cccc2)ncc1[Si](C)(C)C)C(C)(C)C.[Ir]. The first-order valence-electron chi connectivity index (χ1n) is 22.1. The van der Waals surface area contributed by atoms with Crippen LogP contribution >= 0.6 is 0 Å². The Balaban J connectivity index is 0.000000206. The van der Waals surface area contributed by atoms with Crippen LogP contribution in [0.4, 0.5) is 0 Å². The predicted octanol–water partition coefficient (Wildman–Crippen LogP) is 14.1. The summed E-state index contributed by atoms with van der Waals surface area (Å²) in [6, 6.07) is 60.3. The van der Waals surface area contributed by atoms with E-state index in [1.807, 2.05) is 88.5 Å². The molecule has 0 saturated carbocycles. The Morgan fingerprint density at radius 2 is 1.37 bits per heavy atom. The van der Waals surface area contributed by atoms with Crippen molar-refractivity contribution in [1.82, 2.24) is 19.5 Å². The van der Waals surface area contributed by atoms with E-state index in [2.05, 4.69) is 149 Å². The van der Waals surface area contributed by atoms with E-state index in [9.17, 15) is 0 Å². The maximum Gasteiger partial charge on any atom is 0.216 e. The van der Waals surface area contributed by atoms with Gasteiger partial charge in [0.25, 0.3) is 0 Å². The van der Waals surface area contributed by atoms with Crippen LogP contribution in [0.2, 0.25) is 19.6 Å². The Hall–Kier alpha value is -6.24. The molecule has 315 valence electrons. The fourth-order valence-corrected chi connectivity index (χ4v) is 9.44. The molecule has 5 nitrogen and oxygen atoms in total. The second kappa shape index (κ2) is 17.9. The van der Waals surface area contributed by atoms with Crippen LogP contribution in [0, 0.1) is 24.5 Å². The van der Waals surface area contributed by atoms with Gasteiger partial charge in [-0.1, -0.05) is 154 Å². The number of imidazole rings is 1. The van der Waals surface area contributed by atoms with Gasteiger partial charge in [-0.05, 0) is 65.0 Å². The molecule has 0 spiro atoms. The van der Waals surface area contributed by atoms with E-state index in [0.717, 1.165) is 94.4 Å². The Morgan fingerprint density at radius 1 is 0.698 bits per heavy atom. The Morgan fingerprint density at radius 3 is 2.02 bits per heavy atom. The van der Waals surface area contributed by atoms with Crippen molar-refractivity contribution in [3.63, 3.8) is 0 Å². The van der Waals surface area contributed by atoms with Crippen molar-refractivity contribution >= 4 is 46.4 Å². The van der Waals surface area contributed by atoms with Gasteiger partial charge in [-0.15, -0.1) is 54.1 Å². The van der Waals surface area contributed by atoms with Gasteiger partial charge >= 0.3 is 0 Å². The van der Waals surface area contributed by atoms with E-state index < -0.39 is 19.9 Å². The average Bonchev–Trinajstić information content (AvgIpc) is 3.87. The van der Waals surface area contributed by atoms with Gasteiger partial charge in [-0.3, -0.25) is 4.98 Å². The number of pyridine rings is 2. The summed E-state index contributed by atoms with van der Waals surface area (Å²) in [6.07, 6.45) is 0.469. The number of para-hydroxylation sites is 3. The Kier molecular flexibility index (Phi) is 11.6. The number of hydrogen-bond donors (Lipinski definition) is 0. The zero-order valence-electron chi connectivity index (χ0n) is 38.6. The number of nitrogens with zero attached hydrogens (tertiary/aromatic N) is 4. The van der Waals surface area contributed by atoms with Crippen LogP contribution in [0.15, 0.2) is 168 Å². The Bertz CT molecular complexity index is 3220. The average molecular weight is 1020 g/mol. The zero-order valence-corrected chi connectivity index (χ0v) is 40.0. The molecule has 4 heterocycles. The minimum absolute atomic E-state index is 0. The number of furan rings is 1. The predicted molar refractivity (Wildman–Crippen MR) is 261 cm³/mol. The molecule has 6 aromatic carbocycles. The fraction of sp³-hybridized carbons (Fsp3) is 0.161. The maximum atomic E-state index is 8.75. The van der Waals surface area contributed by atoms with Gasteiger partial charge < -0.3 is 14.0 Å². The van der Waals surface area contributed by atoms with Gasteiger partial charge in [0.1, 0.15) is 0 Å². The molecule has 0 atom stereocenters. The number of rotatable bonds is 7. The van der Waals surface area contributed by atoms with Crippen molar-refractivity contribution in [1.29, 1.82) is 0 Å². The first kappa shape index (κ1) is 40.8. The van der Waals surface area contributed by atoms with E-state index in [1.54, 1.807) is 0 Å². The van der Waals surface area contributed by atoms with Gasteiger partial charge in [0.2, 0.25) is 5.71 Å². The number of fused-ring (bicyclic) bond motifs is 4. The van der Waals surface area contributed by atoms with Crippen molar-refractivity contribution in [2.45, 2.75) is 53.7 Å². The third kappa shape index (κ3) is 9.01. The molecule has 0 bridgehead atoms. The topological polar surface area (TPSA) is 56.7 Å². The number of aromatic nitrogens is 4. The summed E-state index contributed by atoms with van der Waals surface area (Å²) in [5.41, 5.74) is 12.5. The summed E-state index contributed by atoms with van der Waals surface area (Å²) >= 11 is 0. The molecule has 0 aliphatic rings. The molecule has 0 amide bonds. The summed E-state index contributed by atoms with van der Waals surface area (Å²) in [7, 11) is -1.70. The molecule has 0 aliphatic carbocycles. The molecule has 63 heavy (non-hydrogen) atoms. The maximum absolute atomic E-state index is 8.75. The van der Waals surface area contributed by atoms with Crippen molar-refractivity contribution < 1.29 is 27.3 Å². The van der Waals surface area contributed by atoms with Crippen LogP contribution in [0.3, 0.4) is 0 Å². The summed E-state index contributed by atoms with van der Waals surface area (Å²) in [5, 5.41) is 3.08. The van der Waals surface area contributed by atoms with Crippen molar-refractivity contribution in [2.75, 3.05) is 0 Å². The van der Waals surface area contributed by atoms with Crippen LogP contribution < -0.4 is 5.19 Å². The van der Waals surface area contributed by atoms with Gasteiger partial charge in [0, 0.05) is 51.3 Å². The molecule has 0 fully saturated rings.